The summed E-state index contributed by atoms with van der Waals surface area (Å²) in [6.45, 7) is 0. The average Bonchev–Trinajstić information content (AvgIpc) is 2.30. The van der Waals surface area contributed by atoms with Crippen LogP contribution < -0.4 is 5.73 Å². The number of hydrogen-bond acceptors (Lipinski definition) is 3. The Labute approximate surface area is 96.6 Å². The van der Waals surface area contributed by atoms with Crippen LogP contribution in [0.1, 0.15) is 25.7 Å². The summed E-state index contributed by atoms with van der Waals surface area (Å²) in [6.07, 6.45) is 3.20. The molecule has 0 saturated heterocycles. The van der Waals surface area contributed by atoms with Gasteiger partial charge in [0.25, 0.3) is 0 Å². The first-order chi connectivity index (χ1) is 7.60. The van der Waals surface area contributed by atoms with E-state index in [9.17, 15) is 8.42 Å². The largest absolute Gasteiger partial charge is 0.328 e. The Bertz CT molecular complexity index is 441. The van der Waals surface area contributed by atoms with Gasteiger partial charge in [0.05, 0.1) is 10.1 Å². The number of hydrogen-bond donors (Lipinski definition) is 1. The fourth-order valence-electron chi connectivity index (χ4n) is 2.27. The van der Waals surface area contributed by atoms with Crippen LogP contribution in [0.5, 0.6) is 0 Å². The highest BCUT2D eigenvalue weighted by Gasteiger charge is 2.31. The Morgan fingerprint density at radius 3 is 2.44 bits per heavy atom. The van der Waals surface area contributed by atoms with E-state index < -0.39 is 9.84 Å². The van der Waals surface area contributed by atoms with Gasteiger partial charge in [0.1, 0.15) is 0 Å². The van der Waals surface area contributed by atoms with E-state index in [4.69, 9.17) is 5.73 Å². The van der Waals surface area contributed by atoms with Crippen molar-refractivity contribution in [3.8, 4) is 0 Å². The third kappa shape index (κ3) is 2.28. The number of benzene rings is 1. The normalized spacial score (nSPS) is 26.6. The lowest BCUT2D eigenvalue weighted by molar-refractivity contribution is 0.433. The minimum atomic E-state index is -3.17. The molecular weight excluding hydrogens is 222 g/mol. The maximum absolute atomic E-state index is 12.3. The molecule has 1 aromatic carbocycles. The standard InChI is InChI=1S/C12H17NO2S/c13-10-5-4-8-12(9-10)16(14,15)11-6-2-1-3-7-11/h1-3,6-7,10,12H,4-5,8-9,13H2. The molecule has 16 heavy (non-hydrogen) atoms. The minimum absolute atomic E-state index is 0.0391. The molecule has 0 spiro atoms. The van der Waals surface area contributed by atoms with Crippen molar-refractivity contribution in [2.75, 3.05) is 0 Å². The molecule has 0 bridgehead atoms. The van der Waals surface area contributed by atoms with E-state index in [-0.39, 0.29) is 11.3 Å². The maximum Gasteiger partial charge on any atom is 0.181 e. The second kappa shape index (κ2) is 4.55. The molecule has 1 aliphatic carbocycles. The van der Waals surface area contributed by atoms with E-state index >= 15 is 0 Å². The molecule has 3 nitrogen and oxygen atoms in total. The zero-order valence-electron chi connectivity index (χ0n) is 9.17. The summed E-state index contributed by atoms with van der Waals surface area (Å²) in [5, 5.41) is -0.293. The molecule has 1 saturated carbocycles. The maximum atomic E-state index is 12.3. The van der Waals surface area contributed by atoms with E-state index in [0.717, 1.165) is 19.3 Å². The van der Waals surface area contributed by atoms with Crippen LogP contribution in [0.15, 0.2) is 35.2 Å². The SMILES string of the molecule is NC1CCCC(S(=O)(=O)c2ccccc2)C1. The van der Waals surface area contributed by atoms with Gasteiger partial charge in [-0.25, -0.2) is 8.42 Å². The molecule has 1 aromatic rings. The monoisotopic (exact) mass is 239 g/mol. The highest BCUT2D eigenvalue weighted by molar-refractivity contribution is 7.92. The number of sulfone groups is 1. The first-order valence-electron chi connectivity index (χ1n) is 5.65. The van der Waals surface area contributed by atoms with E-state index in [1.165, 1.54) is 0 Å². The molecule has 2 unspecified atom stereocenters. The van der Waals surface area contributed by atoms with Gasteiger partial charge < -0.3 is 5.73 Å². The summed E-state index contributed by atoms with van der Waals surface area (Å²) in [6, 6.07) is 8.71. The molecular formula is C12H17NO2S. The van der Waals surface area contributed by atoms with Crippen molar-refractivity contribution < 1.29 is 8.42 Å². The molecule has 0 aliphatic heterocycles. The Hall–Kier alpha value is -0.870. The first-order valence-corrected chi connectivity index (χ1v) is 7.20. The van der Waals surface area contributed by atoms with Gasteiger partial charge in [-0.05, 0) is 31.4 Å². The molecule has 0 amide bonds. The topological polar surface area (TPSA) is 60.2 Å². The number of nitrogens with two attached hydrogens (primary N) is 1. The average molecular weight is 239 g/mol. The second-order valence-electron chi connectivity index (χ2n) is 4.41. The van der Waals surface area contributed by atoms with Gasteiger partial charge in [0, 0.05) is 6.04 Å². The summed E-state index contributed by atoms with van der Waals surface area (Å²) in [7, 11) is -3.17. The van der Waals surface area contributed by atoms with Crippen molar-refractivity contribution in [2.45, 2.75) is 41.9 Å². The van der Waals surface area contributed by atoms with Gasteiger partial charge in [-0.2, -0.15) is 0 Å². The van der Waals surface area contributed by atoms with Crippen molar-refractivity contribution in [3.05, 3.63) is 30.3 Å². The summed E-state index contributed by atoms with van der Waals surface area (Å²) in [5.41, 5.74) is 5.84. The lowest BCUT2D eigenvalue weighted by Crippen LogP contribution is -2.35. The Balaban J connectivity index is 2.26. The van der Waals surface area contributed by atoms with E-state index in [1.54, 1.807) is 24.3 Å². The van der Waals surface area contributed by atoms with Crippen LogP contribution in [0.3, 0.4) is 0 Å². The fourth-order valence-corrected chi connectivity index (χ4v) is 4.16. The molecule has 2 atom stereocenters. The van der Waals surface area contributed by atoms with E-state index in [0.29, 0.717) is 11.3 Å². The second-order valence-corrected chi connectivity index (χ2v) is 6.63. The van der Waals surface area contributed by atoms with Crippen LogP contribution in [-0.4, -0.2) is 19.7 Å². The van der Waals surface area contributed by atoms with Crippen LogP contribution in [-0.2, 0) is 9.84 Å². The smallest absolute Gasteiger partial charge is 0.181 e. The number of rotatable bonds is 2. The molecule has 0 aromatic heterocycles. The van der Waals surface area contributed by atoms with Crippen molar-refractivity contribution in [1.29, 1.82) is 0 Å². The summed E-state index contributed by atoms with van der Waals surface area (Å²) in [4.78, 5) is 0.425. The van der Waals surface area contributed by atoms with E-state index in [2.05, 4.69) is 0 Å². The zero-order valence-corrected chi connectivity index (χ0v) is 9.99. The van der Waals surface area contributed by atoms with Crippen LogP contribution >= 0.6 is 0 Å². The molecule has 88 valence electrons. The van der Waals surface area contributed by atoms with Gasteiger partial charge >= 0.3 is 0 Å². The summed E-state index contributed by atoms with van der Waals surface area (Å²) in [5.74, 6) is 0. The fraction of sp³-hybridized carbons (Fsp3) is 0.500. The molecule has 2 rings (SSSR count). The minimum Gasteiger partial charge on any atom is -0.328 e. The lowest BCUT2D eigenvalue weighted by atomic mass is 9.96. The molecule has 0 heterocycles. The van der Waals surface area contributed by atoms with Gasteiger partial charge in [0.15, 0.2) is 9.84 Å². The molecule has 1 fully saturated rings. The third-order valence-electron chi connectivity index (χ3n) is 3.18. The van der Waals surface area contributed by atoms with Crippen molar-refractivity contribution >= 4 is 9.84 Å². The van der Waals surface area contributed by atoms with Crippen LogP contribution in [0.4, 0.5) is 0 Å². The van der Waals surface area contributed by atoms with Crippen LogP contribution in [0.2, 0.25) is 0 Å². The molecule has 2 N–H and O–H groups in total. The van der Waals surface area contributed by atoms with Gasteiger partial charge in [0.2, 0.25) is 0 Å². The first kappa shape index (κ1) is 11.6. The molecule has 1 aliphatic rings. The van der Waals surface area contributed by atoms with Crippen LogP contribution in [0, 0.1) is 0 Å². The highest BCUT2D eigenvalue weighted by atomic mass is 32.2. The zero-order chi connectivity index (χ0) is 11.6. The Morgan fingerprint density at radius 2 is 1.81 bits per heavy atom. The Morgan fingerprint density at radius 1 is 1.12 bits per heavy atom. The highest BCUT2D eigenvalue weighted by Crippen LogP contribution is 2.27. The van der Waals surface area contributed by atoms with Gasteiger partial charge in [-0.3, -0.25) is 0 Å². The van der Waals surface area contributed by atoms with Crippen molar-refractivity contribution in [1.82, 2.24) is 0 Å². The van der Waals surface area contributed by atoms with E-state index in [1.807, 2.05) is 6.07 Å². The molecule has 4 heteroatoms. The summed E-state index contributed by atoms with van der Waals surface area (Å²) >= 11 is 0. The Kier molecular flexibility index (Phi) is 3.30. The van der Waals surface area contributed by atoms with Crippen molar-refractivity contribution in [3.63, 3.8) is 0 Å². The molecule has 0 radical (unpaired) electrons. The van der Waals surface area contributed by atoms with Crippen molar-refractivity contribution in [2.24, 2.45) is 5.73 Å². The third-order valence-corrected chi connectivity index (χ3v) is 5.41. The predicted molar refractivity (Wildman–Crippen MR) is 63.9 cm³/mol. The lowest BCUT2D eigenvalue weighted by Gasteiger charge is -2.26. The van der Waals surface area contributed by atoms with Gasteiger partial charge in [-0.1, -0.05) is 24.6 Å². The van der Waals surface area contributed by atoms with Gasteiger partial charge in [-0.15, -0.1) is 0 Å². The predicted octanol–water partition coefficient (Wildman–Crippen LogP) is 1.73. The quantitative estimate of drug-likeness (QED) is 0.855. The summed E-state index contributed by atoms with van der Waals surface area (Å²) < 4.78 is 24.6. The van der Waals surface area contributed by atoms with Crippen LogP contribution in [0.25, 0.3) is 0 Å².